The monoisotopic (exact) mass is 268 g/mol. The Morgan fingerprint density at radius 1 is 1.10 bits per heavy atom. The predicted octanol–water partition coefficient (Wildman–Crippen LogP) is 2.95. The third-order valence-corrected chi connectivity index (χ3v) is 4.53. The molecule has 1 N–H and O–H groups in total. The average Bonchev–Trinajstić information content (AvgIpc) is 2.75. The first-order chi connectivity index (χ1) is 9.93. The van der Waals surface area contributed by atoms with E-state index in [0.717, 1.165) is 25.9 Å². The summed E-state index contributed by atoms with van der Waals surface area (Å²) in [7, 11) is 0. The third-order valence-electron chi connectivity index (χ3n) is 4.53. The molecule has 1 unspecified atom stereocenters. The summed E-state index contributed by atoms with van der Waals surface area (Å²) in [6, 6.07) is 8.61. The van der Waals surface area contributed by atoms with Gasteiger partial charge in [-0.3, -0.25) is 0 Å². The fourth-order valence-electron chi connectivity index (χ4n) is 3.50. The number of anilines is 1. The van der Waals surface area contributed by atoms with Gasteiger partial charge in [0.1, 0.15) is 11.6 Å². The Hall–Kier alpha value is -1.84. The minimum atomic E-state index is 0.395. The van der Waals surface area contributed by atoms with Gasteiger partial charge in [0.05, 0.1) is 0 Å². The van der Waals surface area contributed by atoms with Crippen LogP contribution in [0, 0.1) is 0 Å². The lowest BCUT2D eigenvalue weighted by molar-refractivity contribution is 0.568. The van der Waals surface area contributed by atoms with Crippen LogP contribution >= 0.6 is 0 Å². The third kappa shape index (κ3) is 1.90. The lowest BCUT2D eigenvalue weighted by atomic mass is 9.90. The van der Waals surface area contributed by atoms with Gasteiger partial charge in [0.2, 0.25) is 0 Å². The van der Waals surface area contributed by atoms with Crippen molar-refractivity contribution in [3.05, 3.63) is 41.5 Å². The van der Waals surface area contributed by atoms with Crippen LogP contribution in [0.1, 0.15) is 48.8 Å². The van der Waals surface area contributed by atoms with Gasteiger partial charge in [-0.25, -0.2) is 0 Å². The number of hydrogen-bond acceptors (Lipinski definition) is 3. The molecule has 1 atom stereocenters. The van der Waals surface area contributed by atoms with Crippen molar-refractivity contribution in [3.8, 4) is 0 Å². The molecule has 2 aromatic rings. The molecule has 0 spiro atoms. The van der Waals surface area contributed by atoms with Gasteiger partial charge in [0, 0.05) is 31.1 Å². The summed E-state index contributed by atoms with van der Waals surface area (Å²) in [4.78, 5) is 0. The molecule has 2 aliphatic heterocycles. The van der Waals surface area contributed by atoms with Gasteiger partial charge in [-0.1, -0.05) is 24.6 Å². The summed E-state index contributed by atoms with van der Waals surface area (Å²) >= 11 is 0. The van der Waals surface area contributed by atoms with E-state index < -0.39 is 0 Å². The Kier molecular flexibility index (Phi) is 2.94. The first-order valence-electron chi connectivity index (χ1n) is 7.68. The molecule has 1 aromatic heterocycles. The van der Waals surface area contributed by atoms with Crippen LogP contribution in [0.25, 0.3) is 0 Å². The van der Waals surface area contributed by atoms with Crippen LogP contribution in [0.15, 0.2) is 24.3 Å². The zero-order chi connectivity index (χ0) is 13.4. The summed E-state index contributed by atoms with van der Waals surface area (Å²) in [5, 5.41) is 12.5. The van der Waals surface area contributed by atoms with Gasteiger partial charge in [0.25, 0.3) is 0 Å². The standard InChI is InChI=1S/C16H20N4/c1-2-8-15-18-19-16(20(15)11-5-1)13-9-10-17-14-7-4-3-6-12(13)14/h3-4,6-7,13,17H,1-2,5,8-11H2. The second-order valence-corrected chi connectivity index (χ2v) is 5.79. The Morgan fingerprint density at radius 2 is 2.05 bits per heavy atom. The quantitative estimate of drug-likeness (QED) is 0.864. The topological polar surface area (TPSA) is 42.7 Å². The van der Waals surface area contributed by atoms with E-state index in [2.05, 4.69) is 44.3 Å². The molecule has 2 aliphatic rings. The Labute approximate surface area is 119 Å². The normalized spacial score (nSPS) is 21.5. The molecule has 20 heavy (non-hydrogen) atoms. The molecule has 0 radical (unpaired) electrons. The first kappa shape index (κ1) is 11.9. The molecule has 0 saturated carbocycles. The average molecular weight is 268 g/mol. The van der Waals surface area contributed by atoms with E-state index in [4.69, 9.17) is 0 Å². The van der Waals surface area contributed by atoms with Crippen LogP contribution in [0.5, 0.6) is 0 Å². The lowest BCUT2D eigenvalue weighted by Gasteiger charge is -2.26. The van der Waals surface area contributed by atoms with Gasteiger partial charge < -0.3 is 9.88 Å². The smallest absolute Gasteiger partial charge is 0.140 e. The van der Waals surface area contributed by atoms with Crippen LogP contribution in [0.4, 0.5) is 5.69 Å². The number of benzene rings is 1. The highest BCUT2D eigenvalue weighted by molar-refractivity contribution is 5.56. The van der Waals surface area contributed by atoms with Crippen molar-refractivity contribution in [3.63, 3.8) is 0 Å². The number of aromatic nitrogens is 3. The number of nitrogens with one attached hydrogen (secondary N) is 1. The van der Waals surface area contributed by atoms with Crippen molar-refractivity contribution in [1.29, 1.82) is 0 Å². The Morgan fingerprint density at radius 3 is 3.05 bits per heavy atom. The fourth-order valence-corrected chi connectivity index (χ4v) is 3.50. The van der Waals surface area contributed by atoms with Crippen molar-refractivity contribution in [2.24, 2.45) is 0 Å². The summed E-state index contributed by atoms with van der Waals surface area (Å²) in [6.45, 7) is 2.10. The van der Waals surface area contributed by atoms with E-state index in [0.29, 0.717) is 5.92 Å². The zero-order valence-corrected chi connectivity index (χ0v) is 11.7. The molecule has 4 nitrogen and oxygen atoms in total. The molecular formula is C16H20N4. The summed E-state index contributed by atoms with van der Waals surface area (Å²) in [5.74, 6) is 2.76. The van der Waals surface area contributed by atoms with Crippen LogP contribution < -0.4 is 5.32 Å². The van der Waals surface area contributed by atoms with Crippen molar-refractivity contribution >= 4 is 5.69 Å². The van der Waals surface area contributed by atoms with Crippen LogP contribution in [0.2, 0.25) is 0 Å². The maximum Gasteiger partial charge on any atom is 0.140 e. The maximum absolute atomic E-state index is 4.55. The highest BCUT2D eigenvalue weighted by atomic mass is 15.3. The van der Waals surface area contributed by atoms with Gasteiger partial charge in [0.15, 0.2) is 0 Å². The highest BCUT2D eigenvalue weighted by Gasteiger charge is 2.27. The molecule has 0 bridgehead atoms. The molecule has 4 rings (SSSR count). The van der Waals surface area contributed by atoms with Gasteiger partial charge in [-0.15, -0.1) is 10.2 Å². The predicted molar refractivity (Wildman–Crippen MR) is 79.0 cm³/mol. The Balaban J connectivity index is 1.77. The molecule has 0 fully saturated rings. The molecule has 1 aromatic carbocycles. The number of fused-ring (bicyclic) bond motifs is 2. The molecule has 3 heterocycles. The Bertz CT molecular complexity index is 617. The molecule has 0 amide bonds. The van der Waals surface area contributed by atoms with Crippen molar-refractivity contribution in [2.75, 3.05) is 11.9 Å². The van der Waals surface area contributed by atoms with Crippen molar-refractivity contribution < 1.29 is 0 Å². The molecule has 4 heteroatoms. The van der Waals surface area contributed by atoms with E-state index in [9.17, 15) is 0 Å². The van der Waals surface area contributed by atoms with E-state index >= 15 is 0 Å². The maximum atomic E-state index is 4.55. The second-order valence-electron chi connectivity index (χ2n) is 5.79. The number of aryl methyl sites for hydroxylation is 1. The van der Waals surface area contributed by atoms with Crippen molar-refractivity contribution in [2.45, 2.75) is 44.6 Å². The van der Waals surface area contributed by atoms with Crippen LogP contribution in [-0.4, -0.2) is 21.3 Å². The van der Waals surface area contributed by atoms with E-state index in [1.54, 1.807) is 0 Å². The molecule has 0 aliphatic carbocycles. The first-order valence-corrected chi connectivity index (χ1v) is 7.68. The number of para-hydroxylation sites is 1. The van der Waals surface area contributed by atoms with Crippen LogP contribution in [-0.2, 0) is 13.0 Å². The van der Waals surface area contributed by atoms with E-state index in [1.165, 1.54) is 42.2 Å². The minimum Gasteiger partial charge on any atom is -0.385 e. The largest absolute Gasteiger partial charge is 0.385 e. The minimum absolute atomic E-state index is 0.395. The van der Waals surface area contributed by atoms with E-state index in [-0.39, 0.29) is 0 Å². The van der Waals surface area contributed by atoms with Gasteiger partial charge in [-0.2, -0.15) is 0 Å². The number of nitrogens with zero attached hydrogens (tertiary/aromatic N) is 3. The highest BCUT2D eigenvalue weighted by Crippen LogP contribution is 2.36. The van der Waals surface area contributed by atoms with E-state index in [1.807, 2.05) is 0 Å². The fraction of sp³-hybridized carbons (Fsp3) is 0.500. The van der Waals surface area contributed by atoms with Gasteiger partial charge in [-0.05, 0) is 30.9 Å². The molecule has 0 saturated heterocycles. The summed E-state index contributed by atoms with van der Waals surface area (Å²) in [5.41, 5.74) is 2.63. The van der Waals surface area contributed by atoms with Crippen LogP contribution in [0.3, 0.4) is 0 Å². The SMILES string of the molecule is c1ccc2c(c1)NCCC2c1nnc2n1CCCCC2. The molecule has 104 valence electrons. The number of hydrogen-bond donors (Lipinski definition) is 1. The summed E-state index contributed by atoms with van der Waals surface area (Å²) < 4.78 is 2.39. The second kappa shape index (κ2) is 4.93. The van der Waals surface area contributed by atoms with Gasteiger partial charge >= 0.3 is 0 Å². The number of rotatable bonds is 1. The zero-order valence-electron chi connectivity index (χ0n) is 11.7. The van der Waals surface area contributed by atoms with Crippen molar-refractivity contribution in [1.82, 2.24) is 14.8 Å². The molecular weight excluding hydrogens is 248 g/mol. The lowest BCUT2D eigenvalue weighted by Crippen LogP contribution is -2.21. The summed E-state index contributed by atoms with van der Waals surface area (Å²) in [6.07, 6.45) is 6.01.